The molecule has 0 spiro atoms. The van der Waals surface area contributed by atoms with Gasteiger partial charge in [-0.2, -0.15) is 0 Å². The SMILES string of the molecule is CCCCCCCCC[C@H]1CC[C@H](c2ccc(OCCCCCCCC)cc2)CC1(F)F. The number of hydrogen-bond donors (Lipinski definition) is 0. The zero-order valence-corrected chi connectivity index (χ0v) is 20.9. The first-order valence-corrected chi connectivity index (χ1v) is 13.7. The van der Waals surface area contributed by atoms with E-state index in [1.54, 1.807) is 0 Å². The first-order chi connectivity index (χ1) is 15.6. The van der Waals surface area contributed by atoms with Gasteiger partial charge in [0, 0.05) is 12.3 Å². The quantitative estimate of drug-likeness (QED) is 0.214. The van der Waals surface area contributed by atoms with Crippen LogP contribution >= 0.6 is 0 Å². The van der Waals surface area contributed by atoms with E-state index in [0.717, 1.165) is 43.6 Å². The van der Waals surface area contributed by atoms with Gasteiger partial charge >= 0.3 is 0 Å². The van der Waals surface area contributed by atoms with Crippen molar-refractivity contribution in [3.05, 3.63) is 29.8 Å². The Morgan fingerprint density at radius 3 is 1.91 bits per heavy atom. The van der Waals surface area contributed by atoms with Crippen molar-refractivity contribution in [2.24, 2.45) is 5.92 Å². The van der Waals surface area contributed by atoms with Crippen LogP contribution in [0.3, 0.4) is 0 Å². The summed E-state index contributed by atoms with van der Waals surface area (Å²) in [6, 6.07) is 7.95. The Balaban J connectivity index is 1.67. The van der Waals surface area contributed by atoms with E-state index in [2.05, 4.69) is 13.8 Å². The molecule has 1 saturated carbocycles. The largest absolute Gasteiger partial charge is 0.494 e. The molecule has 32 heavy (non-hydrogen) atoms. The number of benzene rings is 1. The lowest BCUT2D eigenvalue weighted by Gasteiger charge is -2.36. The van der Waals surface area contributed by atoms with Crippen LogP contribution in [0.1, 0.15) is 134 Å². The van der Waals surface area contributed by atoms with Gasteiger partial charge in [0.1, 0.15) is 5.75 Å². The highest BCUT2D eigenvalue weighted by atomic mass is 19.3. The molecule has 1 fully saturated rings. The molecular formula is C29H48F2O. The number of halogens is 2. The first kappa shape index (κ1) is 27.1. The van der Waals surface area contributed by atoms with Crippen molar-refractivity contribution in [2.75, 3.05) is 6.61 Å². The molecule has 2 rings (SSSR count). The average Bonchev–Trinajstić information content (AvgIpc) is 2.79. The third-order valence-corrected chi connectivity index (χ3v) is 7.25. The highest BCUT2D eigenvalue weighted by Gasteiger charge is 2.44. The molecule has 0 radical (unpaired) electrons. The van der Waals surface area contributed by atoms with E-state index in [9.17, 15) is 8.78 Å². The molecular weight excluding hydrogens is 402 g/mol. The summed E-state index contributed by atoms with van der Waals surface area (Å²) in [7, 11) is 0. The second-order valence-electron chi connectivity index (χ2n) is 10.0. The monoisotopic (exact) mass is 450 g/mol. The van der Waals surface area contributed by atoms with Crippen LogP contribution in [0.4, 0.5) is 8.78 Å². The summed E-state index contributed by atoms with van der Waals surface area (Å²) in [5.74, 6) is -2.11. The number of rotatable bonds is 17. The fourth-order valence-corrected chi connectivity index (χ4v) is 5.11. The molecule has 184 valence electrons. The van der Waals surface area contributed by atoms with Crippen LogP contribution in [0.5, 0.6) is 5.75 Å². The van der Waals surface area contributed by atoms with Gasteiger partial charge in [0.25, 0.3) is 5.92 Å². The van der Waals surface area contributed by atoms with Gasteiger partial charge in [0.2, 0.25) is 0 Å². The lowest BCUT2D eigenvalue weighted by molar-refractivity contribution is -0.0949. The van der Waals surface area contributed by atoms with Crippen LogP contribution in [0.15, 0.2) is 24.3 Å². The van der Waals surface area contributed by atoms with Gasteiger partial charge in [-0.25, -0.2) is 8.78 Å². The zero-order valence-electron chi connectivity index (χ0n) is 20.9. The minimum absolute atomic E-state index is 0.00608. The molecule has 3 heteroatoms. The number of ether oxygens (including phenoxy) is 1. The van der Waals surface area contributed by atoms with Crippen molar-refractivity contribution >= 4 is 0 Å². The summed E-state index contributed by atoms with van der Waals surface area (Å²) in [5.41, 5.74) is 1.05. The van der Waals surface area contributed by atoms with Crippen molar-refractivity contribution in [3.8, 4) is 5.75 Å². The standard InChI is InChI=1S/C29H48F2O/c1-3-5-7-9-11-12-14-16-27-20-17-26(24-29(27,30)31)25-18-21-28(22-19-25)32-23-15-13-10-8-6-4-2/h18-19,21-22,26-27H,3-17,20,23-24H2,1-2H3/t26-,27-/m0/s1. The summed E-state index contributed by atoms with van der Waals surface area (Å²) < 4.78 is 35.6. The molecule has 0 unspecified atom stereocenters. The molecule has 1 aliphatic rings. The minimum atomic E-state index is -2.53. The van der Waals surface area contributed by atoms with E-state index < -0.39 is 11.8 Å². The summed E-state index contributed by atoms with van der Waals surface area (Å²) in [6.45, 7) is 5.20. The predicted molar refractivity (Wildman–Crippen MR) is 133 cm³/mol. The first-order valence-electron chi connectivity index (χ1n) is 13.7. The Hall–Kier alpha value is -1.12. The van der Waals surface area contributed by atoms with Crippen molar-refractivity contribution in [2.45, 2.75) is 135 Å². The predicted octanol–water partition coefficient (Wildman–Crippen LogP) is 10.1. The molecule has 0 heterocycles. The summed E-state index contributed by atoms with van der Waals surface area (Å²) >= 11 is 0. The van der Waals surface area contributed by atoms with Crippen LogP contribution in [0.2, 0.25) is 0 Å². The molecule has 0 aromatic heterocycles. The van der Waals surface area contributed by atoms with Crippen molar-refractivity contribution < 1.29 is 13.5 Å². The molecule has 0 aliphatic heterocycles. The van der Waals surface area contributed by atoms with Gasteiger partial charge in [0.05, 0.1) is 6.61 Å². The maximum Gasteiger partial charge on any atom is 0.251 e. The lowest BCUT2D eigenvalue weighted by Crippen LogP contribution is -2.35. The summed E-state index contributed by atoms with van der Waals surface area (Å²) in [6.07, 6.45) is 18.1. The Morgan fingerprint density at radius 1 is 0.750 bits per heavy atom. The Labute approximate surface area is 196 Å². The fourth-order valence-electron chi connectivity index (χ4n) is 5.11. The molecule has 0 saturated heterocycles. The van der Waals surface area contributed by atoms with Crippen LogP contribution in [-0.2, 0) is 0 Å². The number of unbranched alkanes of at least 4 members (excludes halogenated alkanes) is 11. The van der Waals surface area contributed by atoms with Crippen LogP contribution < -0.4 is 4.74 Å². The molecule has 0 amide bonds. The smallest absolute Gasteiger partial charge is 0.251 e. The van der Waals surface area contributed by atoms with E-state index in [1.165, 1.54) is 64.2 Å². The molecule has 1 nitrogen and oxygen atoms in total. The second kappa shape index (κ2) is 15.7. The Kier molecular flexibility index (Phi) is 13.3. The van der Waals surface area contributed by atoms with E-state index >= 15 is 0 Å². The number of alkyl halides is 2. The Morgan fingerprint density at radius 2 is 1.31 bits per heavy atom. The third-order valence-electron chi connectivity index (χ3n) is 7.25. The molecule has 0 N–H and O–H groups in total. The van der Waals surface area contributed by atoms with Crippen LogP contribution in [0, 0.1) is 5.92 Å². The van der Waals surface area contributed by atoms with E-state index in [4.69, 9.17) is 4.74 Å². The molecule has 0 bridgehead atoms. The second-order valence-corrected chi connectivity index (χ2v) is 10.0. The summed E-state index contributed by atoms with van der Waals surface area (Å²) in [5, 5.41) is 0. The van der Waals surface area contributed by atoms with Crippen molar-refractivity contribution in [1.29, 1.82) is 0 Å². The maximum atomic E-state index is 14.9. The third kappa shape index (κ3) is 10.2. The number of hydrogen-bond acceptors (Lipinski definition) is 1. The average molecular weight is 451 g/mol. The highest BCUT2D eigenvalue weighted by Crippen LogP contribution is 2.47. The van der Waals surface area contributed by atoms with Gasteiger partial charge in [-0.3, -0.25) is 0 Å². The molecule has 1 aliphatic carbocycles. The van der Waals surface area contributed by atoms with Crippen molar-refractivity contribution in [1.82, 2.24) is 0 Å². The lowest BCUT2D eigenvalue weighted by atomic mass is 9.74. The van der Waals surface area contributed by atoms with E-state index in [1.807, 2.05) is 24.3 Å². The van der Waals surface area contributed by atoms with E-state index in [0.29, 0.717) is 12.8 Å². The van der Waals surface area contributed by atoms with Gasteiger partial charge < -0.3 is 4.74 Å². The topological polar surface area (TPSA) is 9.23 Å². The summed E-state index contributed by atoms with van der Waals surface area (Å²) in [4.78, 5) is 0. The Bertz CT molecular complexity index is 583. The molecule has 1 aromatic carbocycles. The highest BCUT2D eigenvalue weighted by molar-refractivity contribution is 5.30. The normalized spacial score (nSPS) is 20.4. The fraction of sp³-hybridized carbons (Fsp3) is 0.793. The van der Waals surface area contributed by atoms with Gasteiger partial charge in [-0.15, -0.1) is 0 Å². The molecule has 1 aromatic rings. The van der Waals surface area contributed by atoms with Crippen LogP contribution in [-0.4, -0.2) is 12.5 Å². The van der Waals surface area contributed by atoms with Crippen LogP contribution in [0.25, 0.3) is 0 Å². The molecule has 2 atom stereocenters. The minimum Gasteiger partial charge on any atom is -0.494 e. The van der Waals surface area contributed by atoms with Crippen molar-refractivity contribution in [3.63, 3.8) is 0 Å². The van der Waals surface area contributed by atoms with E-state index in [-0.39, 0.29) is 12.3 Å². The van der Waals surface area contributed by atoms with Gasteiger partial charge in [-0.1, -0.05) is 103 Å². The zero-order chi connectivity index (χ0) is 23.1. The van der Waals surface area contributed by atoms with Gasteiger partial charge in [-0.05, 0) is 49.3 Å². The maximum absolute atomic E-state index is 14.9. The van der Waals surface area contributed by atoms with Gasteiger partial charge in [0.15, 0.2) is 0 Å².